The summed E-state index contributed by atoms with van der Waals surface area (Å²) in [7, 11) is 1.67. The van der Waals surface area contributed by atoms with E-state index in [9.17, 15) is 0 Å². The van der Waals surface area contributed by atoms with Crippen LogP contribution in [0.4, 0.5) is 0 Å². The van der Waals surface area contributed by atoms with Gasteiger partial charge in [-0.1, -0.05) is 18.2 Å². The van der Waals surface area contributed by atoms with Crippen LogP contribution in [0.2, 0.25) is 0 Å². The number of benzene rings is 1. The lowest BCUT2D eigenvalue weighted by Gasteiger charge is -2.13. The molecule has 5 nitrogen and oxygen atoms in total. The van der Waals surface area contributed by atoms with E-state index in [-0.39, 0.29) is 0 Å². The van der Waals surface area contributed by atoms with Gasteiger partial charge in [-0.05, 0) is 36.9 Å². The SMILES string of the molecule is CCNC(=NCc1ccc(C)cc1OCCOC)NCc1cccs1. The fraction of sp³-hybridized carbons (Fsp3) is 0.421. The van der Waals surface area contributed by atoms with Gasteiger partial charge < -0.3 is 20.1 Å². The molecule has 0 unspecified atom stereocenters. The van der Waals surface area contributed by atoms with Gasteiger partial charge in [0, 0.05) is 24.1 Å². The molecule has 0 saturated carbocycles. The zero-order valence-corrected chi connectivity index (χ0v) is 16.0. The Labute approximate surface area is 154 Å². The molecule has 0 radical (unpaired) electrons. The Bertz CT molecular complexity index is 657. The van der Waals surface area contributed by atoms with Crippen LogP contribution in [0.5, 0.6) is 5.75 Å². The molecule has 0 aliphatic carbocycles. The van der Waals surface area contributed by atoms with Crippen LogP contribution in [0, 0.1) is 6.92 Å². The molecular formula is C19H27N3O2S. The molecule has 136 valence electrons. The van der Waals surface area contributed by atoms with Crippen LogP contribution in [0.15, 0.2) is 40.7 Å². The van der Waals surface area contributed by atoms with Crippen molar-refractivity contribution in [2.24, 2.45) is 4.99 Å². The average Bonchev–Trinajstić information content (AvgIpc) is 3.12. The summed E-state index contributed by atoms with van der Waals surface area (Å²) in [5, 5.41) is 8.73. The van der Waals surface area contributed by atoms with E-state index in [1.165, 1.54) is 10.4 Å². The predicted molar refractivity (Wildman–Crippen MR) is 105 cm³/mol. The highest BCUT2D eigenvalue weighted by atomic mass is 32.1. The van der Waals surface area contributed by atoms with Gasteiger partial charge in [0.05, 0.1) is 19.7 Å². The summed E-state index contributed by atoms with van der Waals surface area (Å²) < 4.78 is 10.9. The maximum absolute atomic E-state index is 5.84. The van der Waals surface area contributed by atoms with Crippen molar-refractivity contribution in [1.29, 1.82) is 0 Å². The minimum Gasteiger partial charge on any atom is -0.491 e. The molecule has 25 heavy (non-hydrogen) atoms. The molecule has 0 aliphatic heterocycles. The molecule has 1 heterocycles. The predicted octanol–water partition coefficient (Wildman–Crippen LogP) is 3.34. The third kappa shape index (κ3) is 6.76. The van der Waals surface area contributed by atoms with Gasteiger partial charge in [-0.2, -0.15) is 0 Å². The van der Waals surface area contributed by atoms with Gasteiger partial charge in [0.15, 0.2) is 5.96 Å². The van der Waals surface area contributed by atoms with E-state index in [1.54, 1.807) is 18.4 Å². The number of thiophene rings is 1. The van der Waals surface area contributed by atoms with Gasteiger partial charge in [-0.3, -0.25) is 0 Å². The number of nitrogens with zero attached hydrogens (tertiary/aromatic N) is 1. The largest absolute Gasteiger partial charge is 0.491 e. The fourth-order valence-corrected chi connectivity index (χ4v) is 2.90. The first-order valence-corrected chi connectivity index (χ1v) is 9.36. The smallest absolute Gasteiger partial charge is 0.191 e. The number of guanidine groups is 1. The second-order valence-electron chi connectivity index (χ2n) is 5.58. The summed E-state index contributed by atoms with van der Waals surface area (Å²) in [6.45, 7) is 7.38. The van der Waals surface area contributed by atoms with Crippen LogP contribution in [0.3, 0.4) is 0 Å². The van der Waals surface area contributed by atoms with E-state index in [0.29, 0.717) is 19.8 Å². The van der Waals surface area contributed by atoms with Crippen molar-refractivity contribution in [3.05, 3.63) is 51.7 Å². The Kier molecular flexibility index (Phi) is 8.28. The minimum atomic E-state index is 0.535. The summed E-state index contributed by atoms with van der Waals surface area (Å²) >= 11 is 1.74. The number of rotatable bonds is 9. The maximum atomic E-state index is 5.84. The van der Waals surface area contributed by atoms with E-state index >= 15 is 0 Å². The molecule has 1 aromatic heterocycles. The highest BCUT2D eigenvalue weighted by molar-refractivity contribution is 7.09. The van der Waals surface area contributed by atoms with E-state index in [4.69, 9.17) is 9.47 Å². The zero-order valence-electron chi connectivity index (χ0n) is 15.2. The Morgan fingerprint density at radius 2 is 2.08 bits per heavy atom. The molecule has 6 heteroatoms. The van der Waals surface area contributed by atoms with Crippen LogP contribution in [0.25, 0.3) is 0 Å². The quantitative estimate of drug-likeness (QED) is 0.409. The van der Waals surface area contributed by atoms with Crippen LogP contribution in [0.1, 0.15) is 22.9 Å². The van der Waals surface area contributed by atoms with Crippen molar-refractivity contribution in [3.8, 4) is 5.75 Å². The third-order valence-electron chi connectivity index (χ3n) is 3.53. The van der Waals surface area contributed by atoms with Gasteiger partial charge >= 0.3 is 0 Å². The van der Waals surface area contributed by atoms with Gasteiger partial charge in [0.1, 0.15) is 12.4 Å². The fourth-order valence-electron chi connectivity index (χ4n) is 2.25. The number of hydrogen-bond donors (Lipinski definition) is 2. The van der Waals surface area contributed by atoms with Crippen LogP contribution in [-0.4, -0.2) is 32.8 Å². The lowest BCUT2D eigenvalue weighted by atomic mass is 10.1. The topological polar surface area (TPSA) is 54.9 Å². The molecular weight excluding hydrogens is 334 g/mol. The second-order valence-corrected chi connectivity index (χ2v) is 6.61. The Morgan fingerprint density at radius 3 is 2.80 bits per heavy atom. The highest BCUT2D eigenvalue weighted by Crippen LogP contribution is 2.21. The van der Waals surface area contributed by atoms with Crippen molar-refractivity contribution in [2.45, 2.75) is 26.9 Å². The number of ether oxygens (including phenoxy) is 2. The first-order valence-electron chi connectivity index (χ1n) is 8.48. The highest BCUT2D eigenvalue weighted by Gasteiger charge is 2.05. The van der Waals surface area contributed by atoms with E-state index in [1.807, 2.05) is 6.07 Å². The van der Waals surface area contributed by atoms with E-state index in [2.05, 4.69) is 59.1 Å². The van der Waals surface area contributed by atoms with Crippen LogP contribution >= 0.6 is 11.3 Å². The Balaban J connectivity index is 2.02. The molecule has 0 fully saturated rings. The zero-order chi connectivity index (χ0) is 17.9. The summed E-state index contributed by atoms with van der Waals surface area (Å²) in [5.41, 5.74) is 2.23. The Hall–Kier alpha value is -2.05. The number of aryl methyl sites for hydroxylation is 1. The molecule has 1 aromatic carbocycles. The van der Waals surface area contributed by atoms with Crippen molar-refractivity contribution < 1.29 is 9.47 Å². The summed E-state index contributed by atoms with van der Waals surface area (Å²) in [6, 6.07) is 10.4. The molecule has 0 atom stereocenters. The molecule has 0 saturated heterocycles. The van der Waals surface area contributed by atoms with E-state index in [0.717, 1.165) is 30.4 Å². The minimum absolute atomic E-state index is 0.535. The lowest BCUT2D eigenvalue weighted by Crippen LogP contribution is -2.36. The molecule has 0 amide bonds. The van der Waals surface area contributed by atoms with Crippen LogP contribution < -0.4 is 15.4 Å². The van der Waals surface area contributed by atoms with Gasteiger partial charge in [-0.15, -0.1) is 11.3 Å². The lowest BCUT2D eigenvalue weighted by molar-refractivity contribution is 0.145. The van der Waals surface area contributed by atoms with Gasteiger partial charge in [0.25, 0.3) is 0 Å². The van der Waals surface area contributed by atoms with Crippen molar-refractivity contribution in [3.63, 3.8) is 0 Å². The number of methoxy groups -OCH3 is 1. The van der Waals surface area contributed by atoms with Crippen molar-refractivity contribution >= 4 is 17.3 Å². The molecule has 2 rings (SSSR count). The van der Waals surface area contributed by atoms with Gasteiger partial charge in [0.2, 0.25) is 0 Å². The normalized spacial score (nSPS) is 11.4. The van der Waals surface area contributed by atoms with Crippen molar-refractivity contribution in [1.82, 2.24) is 10.6 Å². The van der Waals surface area contributed by atoms with Gasteiger partial charge in [-0.25, -0.2) is 4.99 Å². The standard InChI is InChI=1S/C19H27N3O2S/c1-4-20-19(22-14-17-6-5-11-25-17)21-13-16-8-7-15(2)12-18(16)24-10-9-23-3/h5-8,11-12H,4,9-10,13-14H2,1-3H3,(H2,20,21,22). The van der Waals surface area contributed by atoms with Crippen molar-refractivity contribution in [2.75, 3.05) is 26.9 Å². The maximum Gasteiger partial charge on any atom is 0.191 e. The number of nitrogens with one attached hydrogen (secondary N) is 2. The summed E-state index contributed by atoms with van der Waals surface area (Å²) in [5.74, 6) is 1.68. The number of aliphatic imine (C=N–C) groups is 1. The van der Waals surface area contributed by atoms with Crippen LogP contribution in [-0.2, 0) is 17.8 Å². The molecule has 0 bridgehead atoms. The first kappa shape index (κ1) is 19.3. The third-order valence-corrected chi connectivity index (χ3v) is 4.41. The summed E-state index contributed by atoms with van der Waals surface area (Å²) in [4.78, 5) is 5.97. The summed E-state index contributed by atoms with van der Waals surface area (Å²) in [6.07, 6.45) is 0. The molecule has 2 aromatic rings. The Morgan fingerprint density at radius 1 is 1.20 bits per heavy atom. The molecule has 0 spiro atoms. The second kappa shape index (κ2) is 10.7. The number of hydrogen-bond acceptors (Lipinski definition) is 4. The average molecular weight is 362 g/mol. The monoisotopic (exact) mass is 361 g/mol. The molecule has 0 aliphatic rings. The first-order chi connectivity index (χ1) is 12.2. The van der Waals surface area contributed by atoms with E-state index < -0.39 is 0 Å². The molecule has 2 N–H and O–H groups in total.